The fourth-order valence-corrected chi connectivity index (χ4v) is 2.82. The number of benzene rings is 2. The highest BCUT2D eigenvalue weighted by atomic mass is 32.2. The van der Waals surface area contributed by atoms with E-state index in [0.717, 1.165) is 0 Å². The molecule has 0 fully saturated rings. The minimum Gasteiger partial charge on any atom is -0.493 e. The van der Waals surface area contributed by atoms with E-state index in [0.29, 0.717) is 23.6 Å². The molecular weight excluding hydrogens is 396 g/mol. The van der Waals surface area contributed by atoms with E-state index in [4.69, 9.17) is 14.6 Å². The van der Waals surface area contributed by atoms with Crippen LogP contribution in [0.3, 0.4) is 0 Å². The van der Waals surface area contributed by atoms with Crippen LogP contribution < -0.4 is 15.2 Å². The number of rotatable bonds is 8. The number of hydrogen-bond donors (Lipinski definition) is 2. The van der Waals surface area contributed by atoms with Crippen LogP contribution in [0, 0.1) is 0 Å². The number of esters is 1. The quantitative estimate of drug-likeness (QED) is 0.501. The second-order valence-corrected chi connectivity index (χ2v) is 7.50. The van der Waals surface area contributed by atoms with E-state index < -0.39 is 28.0 Å². The van der Waals surface area contributed by atoms with Crippen molar-refractivity contribution >= 4 is 33.7 Å². The molecule has 0 unspecified atom stereocenters. The molecule has 2 rings (SSSR count). The highest BCUT2D eigenvalue weighted by Gasteiger charge is 2.17. The van der Waals surface area contributed by atoms with Crippen LogP contribution in [0.1, 0.15) is 19.4 Å². The normalized spacial score (nSPS) is 12.4. The number of primary sulfonamides is 1. The number of anilines is 1. The molecule has 0 aliphatic rings. The number of sulfonamides is 1. The van der Waals surface area contributed by atoms with Crippen molar-refractivity contribution in [3.63, 3.8) is 0 Å². The van der Waals surface area contributed by atoms with E-state index in [-0.39, 0.29) is 4.90 Å². The van der Waals surface area contributed by atoms with Crippen LogP contribution >= 0.6 is 0 Å². The van der Waals surface area contributed by atoms with Crippen molar-refractivity contribution in [3.05, 3.63) is 60.2 Å². The molecule has 0 radical (unpaired) electrons. The van der Waals surface area contributed by atoms with Crippen LogP contribution in [0.4, 0.5) is 5.69 Å². The molecule has 154 valence electrons. The molecule has 1 atom stereocenters. The molecule has 2 aromatic rings. The number of amides is 1. The average molecular weight is 418 g/mol. The predicted molar refractivity (Wildman–Crippen MR) is 109 cm³/mol. The van der Waals surface area contributed by atoms with Crippen LogP contribution in [0.15, 0.2) is 59.5 Å². The third kappa shape index (κ3) is 6.74. The summed E-state index contributed by atoms with van der Waals surface area (Å²) in [6, 6.07) is 12.5. The zero-order valence-electron chi connectivity index (χ0n) is 16.0. The minimum absolute atomic E-state index is 0.0764. The van der Waals surface area contributed by atoms with E-state index in [2.05, 4.69) is 5.32 Å². The van der Waals surface area contributed by atoms with Crippen molar-refractivity contribution in [2.24, 2.45) is 5.14 Å². The first kappa shape index (κ1) is 22.1. The molecule has 0 aromatic heterocycles. The van der Waals surface area contributed by atoms with Crippen molar-refractivity contribution in [1.82, 2.24) is 0 Å². The maximum atomic E-state index is 12.2. The first-order valence-corrected chi connectivity index (χ1v) is 10.3. The molecule has 0 saturated heterocycles. The highest BCUT2D eigenvalue weighted by Crippen LogP contribution is 2.19. The van der Waals surface area contributed by atoms with Gasteiger partial charge in [-0.05, 0) is 50.3 Å². The van der Waals surface area contributed by atoms with E-state index in [1.54, 1.807) is 18.2 Å². The Morgan fingerprint density at radius 1 is 1.14 bits per heavy atom. The van der Waals surface area contributed by atoms with Crippen molar-refractivity contribution in [2.45, 2.75) is 24.8 Å². The third-order valence-corrected chi connectivity index (χ3v) is 4.66. The maximum Gasteiger partial charge on any atom is 0.331 e. The molecule has 3 N–H and O–H groups in total. The summed E-state index contributed by atoms with van der Waals surface area (Å²) in [6.07, 6.45) is 1.69. The summed E-state index contributed by atoms with van der Waals surface area (Å²) in [5, 5.41) is 7.55. The summed E-state index contributed by atoms with van der Waals surface area (Å²) < 4.78 is 33.0. The van der Waals surface area contributed by atoms with Crippen LogP contribution in [0.2, 0.25) is 0 Å². The number of nitrogens with two attached hydrogens (primary N) is 1. The lowest BCUT2D eigenvalue weighted by atomic mass is 10.2. The first-order valence-electron chi connectivity index (χ1n) is 8.75. The van der Waals surface area contributed by atoms with Crippen LogP contribution in [0.25, 0.3) is 6.08 Å². The smallest absolute Gasteiger partial charge is 0.331 e. The molecule has 0 aliphatic heterocycles. The van der Waals surface area contributed by atoms with Crippen molar-refractivity contribution in [2.75, 3.05) is 11.9 Å². The van der Waals surface area contributed by atoms with Gasteiger partial charge < -0.3 is 14.8 Å². The largest absolute Gasteiger partial charge is 0.493 e. The van der Waals surface area contributed by atoms with Gasteiger partial charge in [0.25, 0.3) is 5.91 Å². The minimum atomic E-state index is -3.82. The monoisotopic (exact) mass is 418 g/mol. The van der Waals surface area contributed by atoms with Gasteiger partial charge in [0, 0.05) is 17.3 Å². The summed E-state index contributed by atoms with van der Waals surface area (Å²) in [6.45, 7) is 3.77. The number of carbonyl (C=O) groups excluding carboxylic acids is 2. The first-order chi connectivity index (χ1) is 13.7. The van der Waals surface area contributed by atoms with Crippen molar-refractivity contribution in [1.29, 1.82) is 0 Å². The SMILES string of the molecule is CCOc1ccccc1/C=C/C(=O)O[C@@H](C)C(=O)Nc1ccc(S(N)(=O)=O)cc1. The van der Waals surface area contributed by atoms with Gasteiger partial charge in [-0.2, -0.15) is 0 Å². The van der Waals surface area contributed by atoms with E-state index in [1.165, 1.54) is 37.3 Å². The van der Waals surface area contributed by atoms with Gasteiger partial charge in [-0.1, -0.05) is 18.2 Å². The summed E-state index contributed by atoms with van der Waals surface area (Å²) in [4.78, 5) is 24.1. The lowest BCUT2D eigenvalue weighted by Gasteiger charge is -2.12. The van der Waals surface area contributed by atoms with E-state index in [9.17, 15) is 18.0 Å². The predicted octanol–water partition coefficient (Wildman–Crippen LogP) is 2.32. The van der Waals surface area contributed by atoms with Gasteiger partial charge in [0.15, 0.2) is 6.10 Å². The molecule has 1 amide bonds. The van der Waals surface area contributed by atoms with Gasteiger partial charge in [-0.3, -0.25) is 4.79 Å². The number of carbonyl (C=O) groups is 2. The molecule has 0 saturated carbocycles. The van der Waals surface area contributed by atoms with Gasteiger partial charge in [0.2, 0.25) is 10.0 Å². The molecule has 9 heteroatoms. The Kier molecular flexibility index (Phi) is 7.52. The Hall–Kier alpha value is -3.17. The number of nitrogens with one attached hydrogen (secondary N) is 1. The Bertz CT molecular complexity index is 1000. The number of para-hydroxylation sites is 1. The fourth-order valence-electron chi connectivity index (χ4n) is 2.30. The van der Waals surface area contributed by atoms with Gasteiger partial charge in [-0.25, -0.2) is 18.4 Å². The van der Waals surface area contributed by atoms with Crippen molar-refractivity contribution < 1.29 is 27.5 Å². The van der Waals surface area contributed by atoms with Crippen LogP contribution in [-0.4, -0.2) is 33.0 Å². The number of ether oxygens (including phenoxy) is 2. The third-order valence-electron chi connectivity index (χ3n) is 3.73. The summed E-state index contributed by atoms with van der Waals surface area (Å²) >= 11 is 0. The van der Waals surface area contributed by atoms with Crippen molar-refractivity contribution in [3.8, 4) is 5.75 Å². The number of hydrogen-bond acceptors (Lipinski definition) is 6. The second-order valence-electron chi connectivity index (χ2n) is 5.94. The van der Waals surface area contributed by atoms with E-state index in [1.807, 2.05) is 19.1 Å². The van der Waals surface area contributed by atoms with Gasteiger partial charge >= 0.3 is 5.97 Å². The molecule has 2 aromatic carbocycles. The Morgan fingerprint density at radius 2 is 1.79 bits per heavy atom. The van der Waals surface area contributed by atoms with Gasteiger partial charge in [0.1, 0.15) is 5.75 Å². The molecule has 29 heavy (non-hydrogen) atoms. The van der Waals surface area contributed by atoms with Gasteiger partial charge in [0.05, 0.1) is 11.5 Å². The molecule has 8 nitrogen and oxygen atoms in total. The lowest BCUT2D eigenvalue weighted by molar-refractivity contribution is -0.148. The lowest BCUT2D eigenvalue weighted by Crippen LogP contribution is -2.29. The van der Waals surface area contributed by atoms with E-state index >= 15 is 0 Å². The Balaban J connectivity index is 1.94. The second kappa shape index (κ2) is 9.85. The topological polar surface area (TPSA) is 125 Å². The summed E-state index contributed by atoms with van der Waals surface area (Å²) in [5.41, 5.74) is 1.05. The summed E-state index contributed by atoms with van der Waals surface area (Å²) in [7, 11) is -3.82. The highest BCUT2D eigenvalue weighted by molar-refractivity contribution is 7.89. The standard InChI is InChI=1S/C20H22N2O6S/c1-3-27-18-7-5-4-6-15(18)8-13-19(23)28-14(2)20(24)22-16-9-11-17(12-10-16)29(21,25)26/h4-14H,3H2,1-2H3,(H,22,24)(H2,21,25,26)/b13-8+/t14-/m0/s1. The molecule has 0 aliphatic carbocycles. The van der Waals surface area contributed by atoms with Gasteiger partial charge in [-0.15, -0.1) is 0 Å². The zero-order valence-corrected chi connectivity index (χ0v) is 16.8. The van der Waals surface area contributed by atoms with Crippen LogP contribution in [-0.2, 0) is 24.3 Å². The Morgan fingerprint density at radius 3 is 2.41 bits per heavy atom. The van der Waals surface area contributed by atoms with Crippen LogP contribution in [0.5, 0.6) is 5.75 Å². The average Bonchev–Trinajstić information content (AvgIpc) is 2.67. The fraction of sp³-hybridized carbons (Fsp3) is 0.200. The maximum absolute atomic E-state index is 12.2. The Labute approximate surface area is 169 Å². The molecule has 0 spiro atoms. The summed E-state index contributed by atoms with van der Waals surface area (Å²) in [5.74, 6) is -0.624. The molecule has 0 bridgehead atoms. The molecule has 0 heterocycles. The zero-order chi connectivity index (χ0) is 21.4. The molecular formula is C20H22N2O6S.